The van der Waals surface area contributed by atoms with E-state index in [0.717, 1.165) is 48.8 Å². The summed E-state index contributed by atoms with van der Waals surface area (Å²) < 4.78 is 5.36. The van der Waals surface area contributed by atoms with Gasteiger partial charge in [-0.1, -0.05) is 55.5 Å². The summed E-state index contributed by atoms with van der Waals surface area (Å²) in [4.78, 5) is 41.8. The molecule has 2 N–H and O–H groups in total. The molecule has 1 aromatic rings. The van der Waals surface area contributed by atoms with E-state index in [2.05, 4.69) is 23.6 Å². The second-order valence-electron chi connectivity index (χ2n) is 11.6. The van der Waals surface area contributed by atoms with Crippen LogP contribution in [-0.2, 0) is 14.3 Å². The monoisotopic (exact) mass is 485 g/mol. The number of nitrogens with one attached hydrogen (secondary N) is 2. The van der Waals surface area contributed by atoms with Crippen LogP contribution in [0, 0.1) is 19.8 Å². The fraction of sp³-hybridized carbons (Fsp3) is 0.679. The van der Waals surface area contributed by atoms with Gasteiger partial charge in [-0.05, 0) is 72.3 Å². The van der Waals surface area contributed by atoms with Gasteiger partial charge in [-0.15, -0.1) is 0 Å². The molecule has 0 bridgehead atoms. The highest BCUT2D eigenvalue weighted by Gasteiger charge is 2.47. The number of amides is 3. The van der Waals surface area contributed by atoms with Gasteiger partial charge in [0.15, 0.2) is 0 Å². The number of hydrogen-bond donors (Lipinski definition) is 2. The minimum absolute atomic E-state index is 0.0479. The summed E-state index contributed by atoms with van der Waals surface area (Å²) in [5, 5.41) is 5.93. The second kappa shape index (κ2) is 11.0. The Hall–Kier alpha value is -2.57. The summed E-state index contributed by atoms with van der Waals surface area (Å²) >= 11 is 0. The molecule has 3 amide bonds. The predicted octanol–water partition coefficient (Wildman–Crippen LogP) is 4.94. The average molecular weight is 486 g/mol. The fourth-order valence-corrected chi connectivity index (χ4v) is 5.08. The summed E-state index contributed by atoms with van der Waals surface area (Å²) in [6.07, 6.45) is 5.55. The zero-order valence-corrected chi connectivity index (χ0v) is 22.4. The molecule has 194 valence electrons. The fourth-order valence-electron chi connectivity index (χ4n) is 5.08. The van der Waals surface area contributed by atoms with Crippen molar-refractivity contribution >= 4 is 17.9 Å². The third kappa shape index (κ3) is 7.45. The van der Waals surface area contributed by atoms with E-state index in [0.29, 0.717) is 5.92 Å². The summed E-state index contributed by atoms with van der Waals surface area (Å²) in [5.41, 5.74) is 2.24. The van der Waals surface area contributed by atoms with Crippen molar-refractivity contribution in [3.8, 4) is 0 Å². The highest BCUT2D eigenvalue weighted by molar-refractivity contribution is 5.92. The van der Waals surface area contributed by atoms with E-state index in [1.807, 2.05) is 26.0 Å². The summed E-state index contributed by atoms with van der Waals surface area (Å²) in [7, 11) is 0. The number of rotatable bonds is 7. The first-order chi connectivity index (χ1) is 16.4. The van der Waals surface area contributed by atoms with Crippen LogP contribution in [0.1, 0.15) is 95.9 Å². The van der Waals surface area contributed by atoms with E-state index in [9.17, 15) is 14.4 Å². The van der Waals surface area contributed by atoms with Crippen molar-refractivity contribution in [2.45, 2.75) is 117 Å². The number of carbonyl (C=O) groups excluding carboxylic acids is 3. The number of carbonyl (C=O) groups is 3. The molecule has 2 aliphatic rings. The Kier molecular flexibility index (Phi) is 8.50. The number of aryl methyl sites for hydroxylation is 2. The van der Waals surface area contributed by atoms with Gasteiger partial charge in [-0.3, -0.25) is 9.59 Å². The Balaban J connectivity index is 1.92. The van der Waals surface area contributed by atoms with Gasteiger partial charge in [0.05, 0.1) is 0 Å². The van der Waals surface area contributed by atoms with Crippen LogP contribution in [0.4, 0.5) is 4.79 Å². The molecule has 0 aliphatic heterocycles. The molecule has 0 spiro atoms. The first-order valence-electron chi connectivity index (χ1n) is 13.1. The maximum Gasteiger partial charge on any atom is 0.408 e. The molecule has 2 fully saturated rings. The maximum atomic E-state index is 13.8. The molecule has 0 saturated heterocycles. The van der Waals surface area contributed by atoms with Crippen LogP contribution in [-0.4, -0.2) is 46.5 Å². The molecule has 7 nitrogen and oxygen atoms in total. The average Bonchev–Trinajstić information content (AvgIpc) is 3.45. The lowest BCUT2D eigenvalue weighted by Gasteiger charge is -2.35. The van der Waals surface area contributed by atoms with Crippen molar-refractivity contribution in [2.24, 2.45) is 5.92 Å². The Morgan fingerprint density at radius 2 is 1.60 bits per heavy atom. The number of ether oxygens (including phenoxy) is 1. The van der Waals surface area contributed by atoms with Crippen LogP contribution in [0.25, 0.3) is 0 Å². The minimum Gasteiger partial charge on any atom is -0.444 e. The van der Waals surface area contributed by atoms with Crippen LogP contribution in [0.5, 0.6) is 0 Å². The van der Waals surface area contributed by atoms with Gasteiger partial charge in [0.1, 0.15) is 17.7 Å². The van der Waals surface area contributed by atoms with Gasteiger partial charge < -0.3 is 20.3 Å². The summed E-state index contributed by atoms with van der Waals surface area (Å²) in [6.45, 7) is 13.1. The van der Waals surface area contributed by atoms with Gasteiger partial charge in [-0.25, -0.2) is 4.79 Å². The van der Waals surface area contributed by atoms with Crippen molar-refractivity contribution in [1.82, 2.24) is 15.5 Å². The molecular weight excluding hydrogens is 442 g/mol. The molecule has 4 atom stereocenters. The molecule has 0 aromatic heterocycles. The zero-order chi connectivity index (χ0) is 25.9. The first-order valence-corrected chi connectivity index (χ1v) is 13.1. The Morgan fingerprint density at radius 1 is 1.03 bits per heavy atom. The SMILES string of the molecule is Cc1cc(C)cc(C(C(=O)NC2CCCCC2)N(C(=O)C(C)NC(=O)OC(C)(C)C)C2CC2C)c1. The third-order valence-corrected chi connectivity index (χ3v) is 6.82. The molecule has 35 heavy (non-hydrogen) atoms. The van der Waals surface area contributed by atoms with Crippen LogP contribution in [0.3, 0.4) is 0 Å². The summed E-state index contributed by atoms with van der Waals surface area (Å²) in [6, 6.07) is 4.57. The molecule has 2 saturated carbocycles. The van der Waals surface area contributed by atoms with Crippen molar-refractivity contribution < 1.29 is 19.1 Å². The summed E-state index contributed by atoms with van der Waals surface area (Å²) in [5.74, 6) is -0.115. The van der Waals surface area contributed by atoms with Gasteiger partial charge in [0, 0.05) is 12.1 Å². The van der Waals surface area contributed by atoms with E-state index in [-0.39, 0.29) is 23.9 Å². The largest absolute Gasteiger partial charge is 0.444 e. The van der Waals surface area contributed by atoms with Gasteiger partial charge >= 0.3 is 6.09 Å². The lowest BCUT2D eigenvalue weighted by Crippen LogP contribution is -2.54. The molecule has 1 aromatic carbocycles. The lowest BCUT2D eigenvalue weighted by atomic mass is 9.94. The number of nitrogens with zero attached hydrogens (tertiary/aromatic N) is 1. The van der Waals surface area contributed by atoms with E-state index < -0.39 is 23.8 Å². The van der Waals surface area contributed by atoms with Gasteiger partial charge in [-0.2, -0.15) is 0 Å². The molecule has 0 heterocycles. The molecule has 3 rings (SSSR count). The standard InChI is InChI=1S/C28H43N3O4/c1-17-13-18(2)15-21(14-17)24(25(32)30-22-11-9-8-10-12-22)31(23-16-19(23)3)26(33)20(4)29-27(34)35-28(5,6)7/h13-15,19-20,22-24H,8-12,16H2,1-7H3,(H,29,34)(H,30,32). The van der Waals surface area contributed by atoms with E-state index in [1.54, 1.807) is 32.6 Å². The zero-order valence-electron chi connectivity index (χ0n) is 22.4. The van der Waals surface area contributed by atoms with E-state index >= 15 is 0 Å². The predicted molar refractivity (Wildman–Crippen MR) is 137 cm³/mol. The normalized spacial score (nSPS) is 22.0. The van der Waals surface area contributed by atoms with E-state index in [1.165, 1.54) is 6.42 Å². The molecule has 2 aliphatic carbocycles. The molecule has 4 unspecified atom stereocenters. The molecule has 0 radical (unpaired) electrons. The third-order valence-electron chi connectivity index (χ3n) is 6.82. The number of benzene rings is 1. The second-order valence-corrected chi connectivity index (χ2v) is 11.6. The lowest BCUT2D eigenvalue weighted by molar-refractivity contribution is -0.143. The molecular formula is C28H43N3O4. The van der Waals surface area contributed by atoms with Crippen LogP contribution < -0.4 is 10.6 Å². The Morgan fingerprint density at radius 3 is 2.11 bits per heavy atom. The highest BCUT2D eigenvalue weighted by atomic mass is 16.6. The van der Waals surface area contributed by atoms with Crippen molar-refractivity contribution in [3.05, 3.63) is 34.9 Å². The van der Waals surface area contributed by atoms with Gasteiger partial charge in [0.2, 0.25) is 11.8 Å². The smallest absolute Gasteiger partial charge is 0.408 e. The topological polar surface area (TPSA) is 87.7 Å². The molecule has 7 heteroatoms. The van der Waals surface area contributed by atoms with Crippen molar-refractivity contribution in [3.63, 3.8) is 0 Å². The highest BCUT2D eigenvalue weighted by Crippen LogP contribution is 2.41. The van der Waals surface area contributed by atoms with Crippen LogP contribution in [0.2, 0.25) is 0 Å². The van der Waals surface area contributed by atoms with Gasteiger partial charge in [0.25, 0.3) is 0 Å². The van der Waals surface area contributed by atoms with Crippen molar-refractivity contribution in [1.29, 1.82) is 0 Å². The Labute approximate surface area is 210 Å². The first kappa shape index (κ1) is 27.0. The number of alkyl carbamates (subject to hydrolysis) is 1. The Bertz CT molecular complexity index is 912. The maximum absolute atomic E-state index is 13.8. The number of hydrogen-bond acceptors (Lipinski definition) is 4. The van der Waals surface area contributed by atoms with Crippen molar-refractivity contribution in [2.75, 3.05) is 0 Å². The quantitative estimate of drug-likeness (QED) is 0.572. The van der Waals surface area contributed by atoms with Crippen LogP contribution >= 0.6 is 0 Å². The minimum atomic E-state index is -0.825. The van der Waals surface area contributed by atoms with E-state index in [4.69, 9.17) is 4.74 Å². The van der Waals surface area contributed by atoms with Crippen LogP contribution in [0.15, 0.2) is 18.2 Å².